The third kappa shape index (κ3) is 2.06. The van der Waals surface area contributed by atoms with Crippen molar-refractivity contribution in [3.63, 3.8) is 0 Å². The summed E-state index contributed by atoms with van der Waals surface area (Å²) in [7, 11) is 1.39. The minimum atomic E-state index is -0.337. The normalized spacial score (nSPS) is 16.1. The van der Waals surface area contributed by atoms with Gasteiger partial charge in [-0.2, -0.15) is 0 Å². The van der Waals surface area contributed by atoms with E-state index in [1.165, 1.54) is 7.11 Å². The first-order chi connectivity index (χ1) is 9.70. The number of methoxy groups -OCH3 is 1. The maximum absolute atomic E-state index is 11.8. The number of fused-ring (bicyclic) bond motifs is 1. The Balaban J connectivity index is 2.12. The molecule has 1 heterocycles. The fraction of sp³-hybridized carbons (Fsp3) is 0.375. The average molecular weight is 271 g/mol. The van der Waals surface area contributed by atoms with Gasteiger partial charge in [-0.25, -0.2) is 4.79 Å². The predicted molar refractivity (Wildman–Crippen MR) is 75.6 cm³/mol. The number of aromatic nitrogens is 1. The van der Waals surface area contributed by atoms with E-state index < -0.39 is 0 Å². The van der Waals surface area contributed by atoms with Crippen molar-refractivity contribution < 1.29 is 14.3 Å². The van der Waals surface area contributed by atoms with E-state index in [0.29, 0.717) is 12.2 Å². The third-order valence-corrected chi connectivity index (χ3v) is 3.80. The number of carbonyl (C=O) groups is 1. The van der Waals surface area contributed by atoms with Crippen LogP contribution in [0, 0.1) is 0 Å². The van der Waals surface area contributed by atoms with E-state index in [-0.39, 0.29) is 11.6 Å². The predicted octanol–water partition coefficient (Wildman–Crippen LogP) is 3.05. The standard InChI is InChI=1S/C16H17NO3/c1-3-20-16(7-8-16)11-4-5-14-13(10-11)12(6-9-17-14)15(18)19-2/h4-6,9-10H,3,7-8H2,1-2H3. The Morgan fingerprint density at radius 2 is 2.15 bits per heavy atom. The molecule has 1 fully saturated rings. The summed E-state index contributed by atoms with van der Waals surface area (Å²) >= 11 is 0. The van der Waals surface area contributed by atoms with Gasteiger partial charge in [-0.3, -0.25) is 4.98 Å². The molecule has 1 aliphatic carbocycles. The van der Waals surface area contributed by atoms with Crippen LogP contribution in [-0.2, 0) is 15.1 Å². The molecule has 2 aromatic rings. The maximum Gasteiger partial charge on any atom is 0.338 e. The van der Waals surface area contributed by atoms with Crippen LogP contribution in [0.5, 0.6) is 0 Å². The van der Waals surface area contributed by atoms with Gasteiger partial charge in [0.25, 0.3) is 0 Å². The SMILES string of the molecule is CCOC1(c2ccc3nccc(C(=O)OC)c3c2)CC1. The van der Waals surface area contributed by atoms with Gasteiger partial charge in [0.05, 0.1) is 23.8 Å². The fourth-order valence-corrected chi connectivity index (χ4v) is 2.62. The minimum absolute atomic E-state index is 0.161. The highest BCUT2D eigenvalue weighted by molar-refractivity contribution is 6.03. The largest absolute Gasteiger partial charge is 0.465 e. The summed E-state index contributed by atoms with van der Waals surface area (Å²) in [5.41, 5.74) is 2.30. The Morgan fingerprint density at radius 1 is 1.35 bits per heavy atom. The van der Waals surface area contributed by atoms with Gasteiger partial charge in [-0.15, -0.1) is 0 Å². The minimum Gasteiger partial charge on any atom is -0.465 e. The Labute approximate surface area is 117 Å². The molecule has 20 heavy (non-hydrogen) atoms. The average Bonchev–Trinajstić information content (AvgIpc) is 3.26. The van der Waals surface area contributed by atoms with Crippen LogP contribution in [0.15, 0.2) is 30.5 Å². The molecule has 0 N–H and O–H groups in total. The van der Waals surface area contributed by atoms with Crippen LogP contribution in [0.2, 0.25) is 0 Å². The summed E-state index contributed by atoms with van der Waals surface area (Å²) in [6.45, 7) is 2.69. The molecular weight excluding hydrogens is 254 g/mol. The smallest absolute Gasteiger partial charge is 0.338 e. The Bertz CT molecular complexity index is 662. The van der Waals surface area contributed by atoms with Crippen LogP contribution in [0.25, 0.3) is 10.9 Å². The molecule has 1 saturated carbocycles. The number of pyridine rings is 1. The summed E-state index contributed by atoms with van der Waals surface area (Å²) in [5.74, 6) is -0.337. The Morgan fingerprint density at radius 3 is 2.80 bits per heavy atom. The molecule has 0 spiro atoms. The summed E-state index contributed by atoms with van der Waals surface area (Å²) in [6, 6.07) is 7.69. The van der Waals surface area contributed by atoms with E-state index in [0.717, 1.165) is 29.3 Å². The fourth-order valence-electron chi connectivity index (χ4n) is 2.62. The topological polar surface area (TPSA) is 48.4 Å². The van der Waals surface area contributed by atoms with Crippen molar-refractivity contribution in [3.05, 3.63) is 41.6 Å². The van der Waals surface area contributed by atoms with Gasteiger partial charge in [0, 0.05) is 18.2 Å². The van der Waals surface area contributed by atoms with Gasteiger partial charge < -0.3 is 9.47 Å². The molecule has 0 saturated heterocycles. The molecular formula is C16H17NO3. The maximum atomic E-state index is 11.8. The molecule has 4 nitrogen and oxygen atoms in total. The zero-order valence-electron chi connectivity index (χ0n) is 11.7. The molecule has 104 valence electrons. The number of benzene rings is 1. The molecule has 1 aromatic carbocycles. The summed E-state index contributed by atoms with van der Waals surface area (Å²) < 4.78 is 10.7. The molecule has 0 aliphatic heterocycles. The first kappa shape index (κ1) is 13.1. The zero-order valence-corrected chi connectivity index (χ0v) is 11.7. The van der Waals surface area contributed by atoms with Crippen molar-refractivity contribution >= 4 is 16.9 Å². The van der Waals surface area contributed by atoms with Crippen molar-refractivity contribution in [2.45, 2.75) is 25.4 Å². The zero-order chi connectivity index (χ0) is 14.2. The molecule has 0 amide bonds. The quantitative estimate of drug-likeness (QED) is 0.802. The summed E-state index contributed by atoms with van der Waals surface area (Å²) in [6.07, 6.45) is 3.68. The monoisotopic (exact) mass is 271 g/mol. The lowest BCUT2D eigenvalue weighted by molar-refractivity contribution is 0.0396. The molecule has 0 unspecified atom stereocenters. The van der Waals surface area contributed by atoms with Crippen molar-refractivity contribution in [1.29, 1.82) is 0 Å². The molecule has 0 radical (unpaired) electrons. The van der Waals surface area contributed by atoms with Crippen LogP contribution in [0.3, 0.4) is 0 Å². The number of rotatable bonds is 4. The molecule has 4 heteroatoms. The second-order valence-corrected chi connectivity index (χ2v) is 5.01. The van der Waals surface area contributed by atoms with Crippen molar-refractivity contribution in [2.75, 3.05) is 13.7 Å². The molecule has 1 aliphatic rings. The number of esters is 1. The highest BCUT2D eigenvalue weighted by Crippen LogP contribution is 2.49. The number of hydrogen-bond acceptors (Lipinski definition) is 4. The lowest BCUT2D eigenvalue weighted by Crippen LogP contribution is -2.12. The first-order valence-corrected chi connectivity index (χ1v) is 6.82. The molecule has 0 bridgehead atoms. The van der Waals surface area contributed by atoms with E-state index in [1.54, 1.807) is 12.3 Å². The van der Waals surface area contributed by atoms with Gasteiger partial charge in [-0.1, -0.05) is 6.07 Å². The molecule has 1 aromatic heterocycles. The van der Waals surface area contributed by atoms with Crippen LogP contribution >= 0.6 is 0 Å². The Kier molecular flexibility index (Phi) is 3.18. The second-order valence-electron chi connectivity index (χ2n) is 5.01. The van der Waals surface area contributed by atoms with Crippen LogP contribution in [0.4, 0.5) is 0 Å². The number of nitrogens with zero attached hydrogens (tertiary/aromatic N) is 1. The van der Waals surface area contributed by atoms with Crippen LogP contribution in [0.1, 0.15) is 35.7 Å². The van der Waals surface area contributed by atoms with E-state index in [4.69, 9.17) is 9.47 Å². The number of ether oxygens (including phenoxy) is 2. The van der Waals surface area contributed by atoms with Gasteiger partial charge in [0.1, 0.15) is 0 Å². The van der Waals surface area contributed by atoms with Crippen LogP contribution in [-0.4, -0.2) is 24.7 Å². The third-order valence-electron chi connectivity index (χ3n) is 3.80. The van der Waals surface area contributed by atoms with E-state index in [9.17, 15) is 4.79 Å². The summed E-state index contributed by atoms with van der Waals surface area (Å²) in [4.78, 5) is 16.1. The molecule has 0 atom stereocenters. The number of hydrogen-bond donors (Lipinski definition) is 0. The van der Waals surface area contributed by atoms with Gasteiger partial charge in [0.15, 0.2) is 0 Å². The van der Waals surface area contributed by atoms with Gasteiger partial charge >= 0.3 is 5.97 Å². The van der Waals surface area contributed by atoms with Gasteiger partial charge in [-0.05, 0) is 43.5 Å². The highest BCUT2D eigenvalue weighted by atomic mass is 16.5. The lowest BCUT2D eigenvalue weighted by Gasteiger charge is -2.16. The highest BCUT2D eigenvalue weighted by Gasteiger charge is 2.45. The van der Waals surface area contributed by atoms with Crippen molar-refractivity contribution in [1.82, 2.24) is 4.98 Å². The van der Waals surface area contributed by atoms with E-state index in [1.807, 2.05) is 25.1 Å². The lowest BCUT2D eigenvalue weighted by atomic mass is 10.0. The van der Waals surface area contributed by atoms with Gasteiger partial charge in [0.2, 0.25) is 0 Å². The van der Waals surface area contributed by atoms with Crippen molar-refractivity contribution in [3.8, 4) is 0 Å². The Hall–Kier alpha value is -1.94. The summed E-state index contributed by atoms with van der Waals surface area (Å²) in [5, 5.41) is 0.822. The number of carbonyl (C=O) groups excluding carboxylic acids is 1. The van der Waals surface area contributed by atoms with E-state index in [2.05, 4.69) is 4.98 Å². The van der Waals surface area contributed by atoms with E-state index >= 15 is 0 Å². The first-order valence-electron chi connectivity index (χ1n) is 6.82. The molecule has 3 rings (SSSR count). The van der Waals surface area contributed by atoms with Crippen molar-refractivity contribution in [2.24, 2.45) is 0 Å². The second kappa shape index (κ2) is 4.87. The van der Waals surface area contributed by atoms with Crippen LogP contribution < -0.4 is 0 Å².